The standard InChI is InChI=1S/C22H16N2/c1-2-7-15(8-3-1)19-12-6-9-16-13-14-18-17-10-4-5-11-20(17)24-22(18)21(16)23-19/h1-8,10-14,24H,9H2. The summed E-state index contributed by atoms with van der Waals surface area (Å²) < 4.78 is 0. The van der Waals surface area contributed by atoms with Crippen molar-refractivity contribution in [3.8, 4) is 0 Å². The van der Waals surface area contributed by atoms with Crippen LogP contribution in [0.25, 0.3) is 21.8 Å². The topological polar surface area (TPSA) is 28.1 Å². The highest BCUT2D eigenvalue weighted by atomic mass is 14.8. The zero-order chi connectivity index (χ0) is 15.9. The van der Waals surface area contributed by atoms with Crippen molar-refractivity contribution in [3.05, 3.63) is 90.0 Å². The molecule has 4 aromatic rings. The first kappa shape index (κ1) is 13.3. The average Bonchev–Trinajstić information content (AvgIpc) is 2.87. The molecule has 0 unspecified atom stereocenters. The van der Waals surface area contributed by atoms with Crippen molar-refractivity contribution in [3.63, 3.8) is 0 Å². The van der Waals surface area contributed by atoms with Crippen molar-refractivity contribution in [1.29, 1.82) is 0 Å². The van der Waals surface area contributed by atoms with Gasteiger partial charge in [0.1, 0.15) is 0 Å². The summed E-state index contributed by atoms with van der Waals surface area (Å²) in [5.74, 6) is 0. The van der Waals surface area contributed by atoms with Crippen molar-refractivity contribution >= 4 is 33.2 Å². The van der Waals surface area contributed by atoms with Crippen LogP contribution in [0.1, 0.15) is 11.1 Å². The summed E-state index contributed by atoms with van der Waals surface area (Å²) in [6.45, 7) is 0. The number of aromatic amines is 1. The average molecular weight is 308 g/mol. The number of aromatic nitrogens is 1. The van der Waals surface area contributed by atoms with Crippen LogP contribution in [0, 0.1) is 0 Å². The fraction of sp³-hybridized carbons (Fsp3) is 0.0455. The van der Waals surface area contributed by atoms with Crippen molar-refractivity contribution < 1.29 is 0 Å². The molecular formula is C22H16N2. The van der Waals surface area contributed by atoms with Gasteiger partial charge in [0.2, 0.25) is 0 Å². The third-order valence-electron chi connectivity index (χ3n) is 4.65. The molecule has 1 aliphatic rings. The predicted octanol–water partition coefficient (Wildman–Crippen LogP) is 5.55. The SMILES string of the molecule is C1=CC(c2ccccc2)=Nc2c(ccc3c2[nH]c2ccccc23)C1. The Bertz CT molecular complexity index is 1110. The fourth-order valence-electron chi connectivity index (χ4n) is 3.46. The minimum Gasteiger partial charge on any atom is -0.353 e. The number of rotatable bonds is 1. The second-order valence-electron chi connectivity index (χ2n) is 6.14. The number of nitrogens with one attached hydrogen (secondary N) is 1. The lowest BCUT2D eigenvalue weighted by Crippen LogP contribution is -1.94. The molecule has 0 saturated heterocycles. The van der Waals surface area contributed by atoms with Gasteiger partial charge in [-0.15, -0.1) is 0 Å². The molecule has 1 aromatic heterocycles. The summed E-state index contributed by atoms with van der Waals surface area (Å²) in [6.07, 6.45) is 5.23. The second-order valence-corrected chi connectivity index (χ2v) is 6.14. The summed E-state index contributed by atoms with van der Waals surface area (Å²) >= 11 is 0. The minimum absolute atomic E-state index is 0.903. The van der Waals surface area contributed by atoms with Gasteiger partial charge in [0.15, 0.2) is 0 Å². The van der Waals surface area contributed by atoms with Gasteiger partial charge in [-0.2, -0.15) is 0 Å². The zero-order valence-corrected chi connectivity index (χ0v) is 13.2. The second kappa shape index (κ2) is 5.20. The van der Waals surface area contributed by atoms with Crippen molar-refractivity contribution in [2.75, 3.05) is 0 Å². The summed E-state index contributed by atoms with van der Waals surface area (Å²) in [7, 11) is 0. The molecule has 1 aliphatic heterocycles. The molecule has 3 aromatic carbocycles. The number of H-pyrrole nitrogens is 1. The lowest BCUT2D eigenvalue weighted by molar-refractivity contribution is 1.27. The minimum atomic E-state index is 0.903. The molecule has 0 fully saturated rings. The van der Waals surface area contributed by atoms with E-state index < -0.39 is 0 Å². The molecule has 2 nitrogen and oxygen atoms in total. The smallest absolute Gasteiger partial charge is 0.0913 e. The Morgan fingerprint density at radius 3 is 2.54 bits per heavy atom. The molecule has 1 N–H and O–H groups in total. The van der Waals surface area contributed by atoms with Crippen molar-refractivity contribution in [1.82, 2.24) is 4.98 Å². The summed E-state index contributed by atoms with van der Waals surface area (Å²) in [5.41, 5.74) is 6.78. The molecular weight excluding hydrogens is 292 g/mol. The fourth-order valence-corrected chi connectivity index (χ4v) is 3.46. The van der Waals surface area contributed by atoms with Gasteiger partial charge in [0.05, 0.1) is 16.9 Å². The van der Waals surface area contributed by atoms with Crippen LogP contribution in [0.4, 0.5) is 5.69 Å². The van der Waals surface area contributed by atoms with E-state index in [2.05, 4.69) is 77.8 Å². The largest absolute Gasteiger partial charge is 0.353 e. The highest BCUT2D eigenvalue weighted by molar-refractivity contribution is 6.15. The Labute approximate surface area is 140 Å². The third-order valence-corrected chi connectivity index (χ3v) is 4.65. The molecule has 0 radical (unpaired) electrons. The van der Waals surface area contributed by atoms with Crippen LogP contribution >= 0.6 is 0 Å². The molecule has 5 rings (SSSR count). The Kier molecular flexibility index (Phi) is 2.89. The number of benzene rings is 3. The van der Waals surface area contributed by atoms with E-state index in [1.165, 1.54) is 16.3 Å². The predicted molar refractivity (Wildman–Crippen MR) is 101 cm³/mol. The van der Waals surface area contributed by atoms with Crippen LogP contribution in [0.5, 0.6) is 0 Å². The quantitative estimate of drug-likeness (QED) is 0.477. The maximum atomic E-state index is 5.03. The van der Waals surface area contributed by atoms with Crippen LogP contribution in [-0.4, -0.2) is 10.7 Å². The van der Waals surface area contributed by atoms with Crippen molar-refractivity contribution in [2.45, 2.75) is 6.42 Å². The molecule has 0 saturated carbocycles. The number of para-hydroxylation sites is 1. The van der Waals surface area contributed by atoms with Gasteiger partial charge < -0.3 is 4.98 Å². The van der Waals surface area contributed by atoms with Crippen LogP contribution in [-0.2, 0) is 6.42 Å². The van der Waals surface area contributed by atoms with E-state index in [1.54, 1.807) is 0 Å². The van der Waals surface area contributed by atoms with Crippen LogP contribution in [0.2, 0.25) is 0 Å². The van der Waals surface area contributed by atoms with Gasteiger partial charge in [-0.05, 0) is 24.1 Å². The molecule has 0 amide bonds. The van der Waals surface area contributed by atoms with Crippen LogP contribution in [0.15, 0.2) is 83.9 Å². The highest BCUT2D eigenvalue weighted by Crippen LogP contribution is 2.36. The van der Waals surface area contributed by atoms with E-state index >= 15 is 0 Å². The molecule has 2 heterocycles. The van der Waals surface area contributed by atoms with E-state index in [0.717, 1.165) is 34.4 Å². The number of aliphatic imine (C=N–C) groups is 1. The first-order valence-corrected chi connectivity index (χ1v) is 8.23. The molecule has 114 valence electrons. The normalized spacial score (nSPS) is 13.8. The van der Waals surface area contributed by atoms with E-state index in [-0.39, 0.29) is 0 Å². The number of hydrogen-bond acceptors (Lipinski definition) is 1. The van der Waals surface area contributed by atoms with Crippen LogP contribution in [0.3, 0.4) is 0 Å². The molecule has 24 heavy (non-hydrogen) atoms. The zero-order valence-electron chi connectivity index (χ0n) is 13.2. The summed E-state index contributed by atoms with van der Waals surface area (Å²) in [6, 6.07) is 23.2. The lowest BCUT2D eigenvalue weighted by Gasteiger charge is -2.05. The van der Waals surface area contributed by atoms with Gasteiger partial charge in [0, 0.05) is 21.9 Å². The third kappa shape index (κ3) is 2.00. The van der Waals surface area contributed by atoms with Crippen molar-refractivity contribution in [2.24, 2.45) is 4.99 Å². The lowest BCUT2D eigenvalue weighted by atomic mass is 10.1. The monoisotopic (exact) mass is 308 g/mol. The number of nitrogens with zero attached hydrogens (tertiary/aromatic N) is 1. The number of fused-ring (bicyclic) bond motifs is 5. The van der Waals surface area contributed by atoms with Gasteiger partial charge in [-0.1, -0.05) is 66.7 Å². The Morgan fingerprint density at radius 1 is 0.792 bits per heavy atom. The van der Waals surface area contributed by atoms with E-state index in [9.17, 15) is 0 Å². The molecule has 0 bridgehead atoms. The molecule has 0 aliphatic carbocycles. The summed E-state index contributed by atoms with van der Waals surface area (Å²) in [5, 5.41) is 2.49. The van der Waals surface area contributed by atoms with E-state index in [0.29, 0.717) is 0 Å². The van der Waals surface area contributed by atoms with Gasteiger partial charge in [-0.3, -0.25) is 0 Å². The molecule has 0 atom stereocenters. The van der Waals surface area contributed by atoms with Gasteiger partial charge in [0.25, 0.3) is 0 Å². The maximum Gasteiger partial charge on any atom is 0.0913 e. The Balaban J connectivity index is 1.82. The first-order valence-electron chi connectivity index (χ1n) is 8.23. The number of hydrogen-bond donors (Lipinski definition) is 1. The Morgan fingerprint density at radius 2 is 1.62 bits per heavy atom. The van der Waals surface area contributed by atoms with Gasteiger partial charge in [-0.25, -0.2) is 4.99 Å². The van der Waals surface area contributed by atoms with Gasteiger partial charge >= 0.3 is 0 Å². The highest BCUT2D eigenvalue weighted by Gasteiger charge is 2.14. The maximum absolute atomic E-state index is 5.03. The summed E-state index contributed by atoms with van der Waals surface area (Å²) in [4.78, 5) is 8.60. The molecule has 0 spiro atoms. The van der Waals surface area contributed by atoms with E-state index in [1.807, 2.05) is 6.07 Å². The van der Waals surface area contributed by atoms with Crippen LogP contribution < -0.4 is 0 Å². The van der Waals surface area contributed by atoms with E-state index in [4.69, 9.17) is 4.99 Å². The first-order chi connectivity index (χ1) is 11.9. The number of allylic oxidation sites excluding steroid dienone is 2. The molecule has 2 heteroatoms. The Hall–Kier alpha value is -3.13.